The summed E-state index contributed by atoms with van der Waals surface area (Å²) in [5.41, 5.74) is 16.8. The van der Waals surface area contributed by atoms with E-state index in [1.54, 1.807) is 0 Å². The molecule has 0 spiro atoms. The number of hydrogen-bond acceptors (Lipinski definition) is 3. The van der Waals surface area contributed by atoms with Crippen LogP contribution in [-0.2, 0) is 10.8 Å². The fourth-order valence-corrected chi connectivity index (χ4v) is 9.94. The summed E-state index contributed by atoms with van der Waals surface area (Å²) < 4.78 is 13.2. The van der Waals surface area contributed by atoms with Gasteiger partial charge in [0.1, 0.15) is 22.3 Å². The highest BCUT2D eigenvalue weighted by molar-refractivity contribution is 6.14. The number of furan rings is 2. The normalized spacial score (nSPS) is 16.5. The third-order valence-corrected chi connectivity index (χ3v) is 13.2. The number of rotatable bonds is 6. The quantitative estimate of drug-likeness (QED) is 0.167. The molecule has 0 saturated heterocycles. The van der Waals surface area contributed by atoms with Crippen molar-refractivity contribution in [3.63, 3.8) is 0 Å². The molecule has 0 radical (unpaired) electrons. The molecule has 2 heterocycles. The maximum absolute atomic E-state index is 6.60. The van der Waals surface area contributed by atoms with Crippen molar-refractivity contribution in [2.45, 2.75) is 58.3 Å². The van der Waals surface area contributed by atoms with Gasteiger partial charge in [-0.2, -0.15) is 0 Å². The highest BCUT2D eigenvalue weighted by atomic mass is 16.3. The first-order valence-electron chi connectivity index (χ1n) is 22.2. The maximum Gasteiger partial charge on any atom is 0.143 e. The standard InChI is InChI=1S/C60H51NO2/c1-59(2,3)41-34-40(35-42(37-41)60(4,5)6)44-25-14-18-38-19-15-27-48(56(38)44)46-22-7-10-29-51(46)61(52-30-17-33-55-57(52)50-24-9-12-32-54(50)62-55)43-21-13-20-39(36-43)45-26-16-28-49-47-23-8-11-31-53(47)63-58(45)49/h7-37,48,56H,1-6H3. The molecule has 308 valence electrons. The number of fused-ring (bicyclic) bond motifs is 7. The molecule has 0 aliphatic heterocycles. The predicted molar refractivity (Wildman–Crippen MR) is 266 cm³/mol. The molecule has 2 aromatic heterocycles. The van der Waals surface area contributed by atoms with E-state index in [2.05, 4.69) is 222 Å². The van der Waals surface area contributed by atoms with Crippen LogP contribution in [0.3, 0.4) is 0 Å². The Morgan fingerprint density at radius 2 is 1.16 bits per heavy atom. The zero-order valence-electron chi connectivity index (χ0n) is 36.8. The molecule has 0 fully saturated rings. The lowest BCUT2D eigenvalue weighted by molar-refractivity contribution is 0.567. The zero-order chi connectivity index (χ0) is 43.0. The van der Waals surface area contributed by atoms with Crippen LogP contribution in [0, 0.1) is 5.92 Å². The van der Waals surface area contributed by atoms with Gasteiger partial charge >= 0.3 is 0 Å². The second kappa shape index (κ2) is 14.8. The average Bonchev–Trinajstić information content (AvgIpc) is 3.87. The van der Waals surface area contributed by atoms with Crippen molar-refractivity contribution in [2.24, 2.45) is 5.92 Å². The Morgan fingerprint density at radius 1 is 0.508 bits per heavy atom. The van der Waals surface area contributed by atoms with Gasteiger partial charge in [0.05, 0.1) is 11.1 Å². The van der Waals surface area contributed by atoms with Gasteiger partial charge in [-0.25, -0.2) is 0 Å². The van der Waals surface area contributed by atoms with E-state index in [9.17, 15) is 0 Å². The molecule has 3 heteroatoms. The molecule has 0 N–H and O–H groups in total. The Morgan fingerprint density at radius 3 is 1.95 bits per heavy atom. The van der Waals surface area contributed by atoms with Crippen LogP contribution < -0.4 is 4.90 Å². The summed E-state index contributed by atoms with van der Waals surface area (Å²) in [4.78, 5) is 2.47. The van der Waals surface area contributed by atoms with Gasteiger partial charge in [-0.3, -0.25) is 0 Å². The highest BCUT2D eigenvalue weighted by Gasteiger charge is 2.35. The molecule has 2 aliphatic rings. The first-order valence-corrected chi connectivity index (χ1v) is 22.2. The molecule has 7 aromatic carbocycles. The van der Waals surface area contributed by atoms with Crippen molar-refractivity contribution < 1.29 is 8.83 Å². The van der Waals surface area contributed by atoms with Crippen LogP contribution in [0.2, 0.25) is 0 Å². The molecule has 0 bridgehead atoms. The molecule has 0 saturated carbocycles. The Bertz CT molecular complexity index is 3350. The van der Waals surface area contributed by atoms with Crippen molar-refractivity contribution in [2.75, 3.05) is 4.90 Å². The van der Waals surface area contributed by atoms with E-state index < -0.39 is 0 Å². The largest absolute Gasteiger partial charge is 0.456 e. The Balaban J connectivity index is 1.12. The number of hydrogen-bond donors (Lipinski definition) is 0. The first kappa shape index (κ1) is 38.8. The Labute approximate surface area is 370 Å². The van der Waals surface area contributed by atoms with Crippen LogP contribution in [0.4, 0.5) is 17.1 Å². The lowest BCUT2D eigenvalue weighted by atomic mass is 9.69. The molecular weight excluding hydrogens is 767 g/mol. The monoisotopic (exact) mass is 817 g/mol. The predicted octanol–water partition coefficient (Wildman–Crippen LogP) is 17.1. The summed E-state index contributed by atoms with van der Waals surface area (Å²) in [6, 6.07) is 54.9. The van der Waals surface area contributed by atoms with Gasteiger partial charge in [0, 0.05) is 44.9 Å². The highest BCUT2D eigenvalue weighted by Crippen LogP contribution is 2.52. The van der Waals surface area contributed by atoms with E-state index in [4.69, 9.17) is 8.83 Å². The third-order valence-electron chi connectivity index (χ3n) is 13.2. The summed E-state index contributed by atoms with van der Waals surface area (Å²) in [5.74, 6) is 0.151. The number of benzene rings is 7. The van der Waals surface area contributed by atoms with Crippen LogP contribution >= 0.6 is 0 Å². The molecule has 2 unspecified atom stereocenters. The summed E-state index contributed by atoms with van der Waals surface area (Å²) >= 11 is 0. The van der Waals surface area contributed by atoms with Crippen molar-refractivity contribution >= 4 is 66.5 Å². The molecule has 0 amide bonds. The molecule has 11 rings (SSSR count). The fourth-order valence-electron chi connectivity index (χ4n) is 9.94. The van der Waals surface area contributed by atoms with E-state index in [0.29, 0.717) is 0 Å². The molecule has 63 heavy (non-hydrogen) atoms. The van der Waals surface area contributed by atoms with Crippen LogP contribution in [0.15, 0.2) is 203 Å². The van der Waals surface area contributed by atoms with Crippen LogP contribution in [0.5, 0.6) is 0 Å². The lowest BCUT2D eigenvalue weighted by Gasteiger charge is -2.37. The molecule has 3 nitrogen and oxygen atoms in total. The van der Waals surface area contributed by atoms with Gasteiger partial charge in [-0.15, -0.1) is 0 Å². The van der Waals surface area contributed by atoms with Crippen LogP contribution in [-0.4, -0.2) is 0 Å². The van der Waals surface area contributed by atoms with E-state index in [-0.39, 0.29) is 22.7 Å². The topological polar surface area (TPSA) is 29.5 Å². The van der Waals surface area contributed by atoms with E-state index in [1.165, 1.54) is 33.4 Å². The zero-order valence-corrected chi connectivity index (χ0v) is 36.8. The molecular formula is C60H51NO2. The van der Waals surface area contributed by atoms with E-state index in [0.717, 1.165) is 72.1 Å². The number of allylic oxidation sites excluding steroid dienone is 8. The molecule has 2 aliphatic carbocycles. The summed E-state index contributed by atoms with van der Waals surface area (Å²) in [7, 11) is 0. The lowest BCUT2D eigenvalue weighted by Crippen LogP contribution is -2.23. The van der Waals surface area contributed by atoms with Gasteiger partial charge in [0.25, 0.3) is 0 Å². The molecule has 9 aromatic rings. The average molecular weight is 818 g/mol. The number of para-hydroxylation sites is 4. The summed E-state index contributed by atoms with van der Waals surface area (Å²) in [6.45, 7) is 14.0. The minimum atomic E-state index is 0.00145. The minimum Gasteiger partial charge on any atom is -0.456 e. The van der Waals surface area contributed by atoms with E-state index in [1.807, 2.05) is 12.1 Å². The van der Waals surface area contributed by atoms with Gasteiger partial charge in [-0.1, -0.05) is 187 Å². The van der Waals surface area contributed by atoms with Crippen molar-refractivity contribution in [3.05, 3.63) is 216 Å². The Kier molecular flexibility index (Phi) is 9.10. The van der Waals surface area contributed by atoms with Gasteiger partial charge in [0.2, 0.25) is 0 Å². The number of nitrogens with zero attached hydrogens (tertiary/aromatic N) is 1. The first-order chi connectivity index (χ1) is 30.5. The Hall–Kier alpha value is -7.10. The van der Waals surface area contributed by atoms with Crippen LogP contribution in [0.1, 0.15) is 69.7 Å². The van der Waals surface area contributed by atoms with Crippen molar-refractivity contribution in [3.8, 4) is 11.1 Å². The molecule has 2 atom stereocenters. The fraction of sp³-hybridized carbons (Fsp3) is 0.167. The maximum atomic E-state index is 6.60. The third kappa shape index (κ3) is 6.66. The smallest absolute Gasteiger partial charge is 0.143 e. The SMILES string of the molecule is CC(C)(C)c1cc(C2=CC=CC3=CC=CC(c4ccccc4N(c4cccc(-c5cccc6c5oc5ccccc56)c4)c4cccc5oc6ccccc6c45)C32)cc(C(C)(C)C)c1. The van der Waals surface area contributed by atoms with Gasteiger partial charge < -0.3 is 13.7 Å². The summed E-state index contributed by atoms with van der Waals surface area (Å²) in [6.07, 6.45) is 13.9. The van der Waals surface area contributed by atoms with Gasteiger partial charge in [-0.05, 0) is 92.3 Å². The van der Waals surface area contributed by atoms with Crippen molar-refractivity contribution in [1.82, 2.24) is 0 Å². The second-order valence-corrected chi connectivity index (χ2v) is 19.3. The summed E-state index contributed by atoms with van der Waals surface area (Å²) in [5, 5.41) is 4.42. The van der Waals surface area contributed by atoms with Crippen molar-refractivity contribution in [1.29, 1.82) is 0 Å². The second-order valence-electron chi connectivity index (χ2n) is 19.3. The van der Waals surface area contributed by atoms with E-state index >= 15 is 0 Å². The van der Waals surface area contributed by atoms with Gasteiger partial charge in [0.15, 0.2) is 0 Å². The minimum absolute atomic E-state index is 0.00145. The van der Waals surface area contributed by atoms with Crippen LogP contribution in [0.25, 0.3) is 60.6 Å². The number of anilines is 3.